The Bertz CT molecular complexity index is 572. The zero-order chi connectivity index (χ0) is 16.5. The first-order valence-electron chi connectivity index (χ1n) is 6.65. The van der Waals surface area contributed by atoms with Crippen LogP contribution in [-0.2, 0) is 4.79 Å². The van der Waals surface area contributed by atoms with Gasteiger partial charge in [0.15, 0.2) is 5.60 Å². The lowest BCUT2D eigenvalue weighted by molar-refractivity contribution is -0.142. The van der Waals surface area contributed by atoms with Crippen LogP contribution >= 0.6 is 0 Å². The van der Waals surface area contributed by atoms with Crippen LogP contribution in [0, 0.1) is 20.8 Å². The molecule has 0 aromatic heterocycles. The summed E-state index contributed by atoms with van der Waals surface area (Å²) in [7, 11) is 3.10. The lowest BCUT2D eigenvalue weighted by Crippen LogP contribution is -2.42. The third-order valence-corrected chi connectivity index (χ3v) is 3.70. The van der Waals surface area contributed by atoms with Gasteiger partial charge in [-0.1, -0.05) is 6.08 Å². The van der Waals surface area contributed by atoms with Crippen LogP contribution < -0.4 is 0 Å². The maximum Gasteiger partial charge on any atom is 0.257 e. The molecule has 0 bridgehead atoms. The summed E-state index contributed by atoms with van der Waals surface area (Å²) in [5, 5.41) is 30.4. The third-order valence-electron chi connectivity index (χ3n) is 3.70. The number of aliphatic hydroxyl groups is 1. The molecule has 1 rings (SSSR count). The predicted molar refractivity (Wildman–Crippen MR) is 82.3 cm³/mol. The van der Waals surface area contributed by atoms with Crippen LogP contribution in [-0.4, -0.2) is 45.8 Å². The predicted octanol–water partition coefficient (Wildman–Crippen LogP) is 1.88. The minimum atomic E-state index is -1.68. The Morgan fingerprint density at radius 3 is 2.00 bits per heavy atom. The van der Waals surface area contributed by atoms with E-state index in [-0.39, 0.29) is 11.5 Å². The van der Waals surface area contributed by atoms with Crippen molar-refractivity contribution in [3.63, 3.8) is 0 Å². The molecule has 116 valence electrons. The zero-order valence-electron chi connectivity index (χ0n) is 13.4. The van der Waals surface area contributed by atoms with E-state index in [1.165, 1.54) is 24.0 Å². The second kappa shape index (κ2) is 5.77. The molecule has 0 fully saturated rings. The van der Waals surface area contributed by atoms with Crippen molar-refractivity contribution < 1.29 is 20.1 Å². The molecule has 0 radical (unpaired) electrons. The number of nitrogens with zero attached hydrogens (tertiary/aromatic N) is 1. The molecular formula is C16H23NO4. The van der Waals surface area contributed by atoms with Gasteiger partial charge in [-0.3, -0.25) is 4.79 Å². The van der Waals surface area contributed by atoms with Crippen LogP contribution in [0.15, 0.2) is 6.08 Å². The Labute approximate surface area is 125 Å². The van der Waals surface area contributed by atoms with Gasteiger partial charge in [-0.25, -0.2) is 0 Å². The van der Waals surface area contributed by atoms with E-state index in [1.54, 1.807) is 34.9 Å². The number of phenols is 2. The number of benzene rings is 1. The molecular weight excluding hydrogens is 270 g/mol. The van der Waals surface area contributed by atoms with Crippen molar-refractivity contribution >= 4 is 12.0 Å². The number of aromatic hydroxyl groups is 2. The normalized spacial score (nSPS) is 14.2. The number of hydrogen-bond donors (Lipinski definition) is 3. The molecule has 0 saturated heterocycles. The van der Waals surface area contributed by atoms with Gasteiger partial charge in [0, 0.05) is 25.2 Å². The second-order valence-corrected chi connectivity index (χ2v) is 5.67. The molecule has 5 heteroatoms. The van der Waals surface area contributed by atoms with Gasteiger partial charge in [-0.2, -0.15) is 0 Å². The topological polar surface area (TPSA) is 81.0 Å². The number of phenolic OH excluding ortho intramolecular Hbond substituents is 2. The van der Waals surface area contributed by atoms with Crippen LogP contribution in [0.4, 0.5) is 0 Å². The highest BCUT2D eigenvalue weighted by molar-refractivity contribution is 5.87. The minimum absolute atomic E-state index is 0.0344. The van der Waals surface area contributed by atoms with E-state index in [0.29, 0.717) is 22.3 Å². The van der Waals surface area contributed by atoms with Gasteiger partial charge in [0.2, 0.25) is 0 Å². The average Bonchev–Trinajstić information content (AvgIpc) is 2.41. The molecule has 1 atom stereocenters. The SMILES string of the molecule is Cc1c(C)c(O)c(C=CC(C)(O)C(=O)N(C)C)c(C)c1O. The fourth-order valence-corrected chi connectivity index (χ4v) is 2.12. The summed E-state index contributed by atoms with van der Waals surface area (Å²) in [5.74, 6) is -0.334. The molecule has 1 amide bonds. The van der Waals surface area contributed by atoms with E-state index in [1.807, 2.05) is 0 Å². The maximum atomic E-state index is 11.9. The van der Waals surface area contributed by atoms with Crippen molar-refractivity contribution in [1.29, 1.82) is 0 Å². The lowest BCUT2D eigenvalue weighted by Gasteiger charge is -2.22. The molecule has 1 unspecified atom stereocenters. The number of likely N-dealkylation sites (N-methyl/N-ethyl adjacent to an activating group) is 1. The van der Waals surface area contributed by atoms with Gasteiger partial charge >= 0.3 is 0 Å². The average molecular weight is 293 g/mol. The van der Waals surface area contributed by atoms with Gasteiger partial charge < -0.3 is 20.2 Å². The van der Waals surface area contributed by atoms with Gasteiger partial charge in [0.1, 0.15) is 11.5 Å². The lowest BCUT2D eigenvalue weighted by atomic mass is 9.95. The molecule has 3 N–H and O–H groups in total. The standard InChI is InChI=1S/C16H23NO4/c1-9-10(2)14(19)12(11(3)13(9)18)7-8-16(4,21)15(20)17(5)6/h7-8,18-19,21H,1-6H3. The number of amides is 1. The monoisotopic (exact) mass is 293 g/mol. The van der Waals surface area contributed by atoms with Gasteiger partial charge in [-0.05, 0) is 44.9 Å². The summed E-state index contributed by atoms with van der Waals surface area (Å²) in [6.45, 7) is 6.46. The van der Waals surface area contributed by atoms with Crippen molar-refractivity contribution in [1.82, 2.24) is 4.90 Å². The summed E-state index contributed by atoms with van der Waals surface area (Å²) in [6, 6.07) is 0. The summed E-state index contributed by atoms with van der Waals surface area (Å²) < 4.78 is 0. The van der Waals surface area contributed by atoms with Crippen LogP contribution in [0.1, 0.15) is 29.2 Å². The van der Waals surface area contributed by atoms with Crippen molar-refractivity contribution in [2.45, 2.75) is 33.3 Å². The Hall–Kier alpha value is -2.01. The van der Waals surface area contributed by atoms with Crippen LogP contribution in [0.5, 0.6) is 11.5 Å². The minimum Gasteiger partial charge on any atom is -0.507 e. The molecule has 0 aliphatic heterocycles. The summed E-state index contributed by atoms with van der Waals surface area (Å²) >= 11 is 0. The number of carbonyl (C=O) groups excluding carboxylic acids is 1. The molecule has 0 spiro atoms. The van der Waals surface area contributed by atoms with E-state index in [2.05, 4.69) is 0 Å². The summed E-state index contributed by atoms with van der Waals surface area (Å²) in [5.41, 5.74) is 0.383. The Morgan fingerprint density at radius 2 is 1.52 bits per heavy atom. The van der Waals surface area contributed by atoms with Crippen LogP contribution in [0.2, 0.25) is 0 Å². The highest BCUT2D eigenvalue weighted by Gasteiger charge is 2.28. The van der Waals surface area contributed by atoms with Crippen molar-refractivity contribution in [3.05, 3.63) is 28.3 Å². The summed E-state index contributed by atoms with van der Waals surface area (Å²) in [6.07, 6.45) is 2.77. The molecule has 0 aliphatic carbocycles. The van der Waals surface area contributed by atoms with E-state index in [0.717, 1.165) is 0 Å². The Morgan fingerprint density at radius 1 is 1.05 bits per heavy atom. The highest BCUT2D eigenvalue weighted by atomic mass is 16.3. The first kappa shape index (κ1) is 17.0. The molecule has 5 nitrogen and oxygen atoms in total. The fourth-order valence-electron chi connectivity index (χ4n) is 2.12. The third kappa shape index (κ3) is 3.19. The van der Waals surface area contributed by atoms with Crippen LogP contribution in [0.25, 0.3) is 6.08 Å². The highest BCUT2D eigenvalue weighted by Crippen LogP contribution is 2.37. The summed E-state index contributed by atoms with van der Waals surface area (Å²) in [4.78, 5) is 13.1. The van der Waals surface area contributed by atoms with Crippen molar-refractivity contribution in [2.75, 3.05) is 14.1 Å². The quantitative estimate of drug-likeness (QED) is 0.743. The smallest absolute Gasteiger partial charge is 0.257 e. The van der Waals surface area contributed by atoms with E-state index in [9.17, 15) is 20.1 Å². The van der Waals surface area contributed by atoms with Gasteiger partial charge in [0.25, 0.3) is 5.91 Å². The Balaban J connectivity index is 3.32. The number of rotatable bonds is 3. The number of carbonyl (C=O) groups is 1. The second-order valence-electron chi connectivity index (χ2n) is 5.67. The van der Waals surface area contributed by atoms with Gasteiger partial charge in [0.05, 0.1) is 0 Å². The van der Waals surface area contributed by atoms with E-state index in [4.69, 9.17) is 0 Å². The van der Waals surface area contributed by atoms with E-state index >= 15 is 0 Å². The number of hydrogen-bond acceptors (Lipinski definition) is 4. The van der Waals surface area contributed by atoms with Gasteiger partial charge in [-0.15, -0.1) is 0 Å². The zero-order valence-corrected chi connectivity index (χ0v) is 13.4. The van der Waals surface area contributed by atoms with E-state index < -0.39 is 11.5 Å². The van der Waals surface area contributed by atoms with Crippen molar-refractivity contribution in [2.24, 2.45) is 0 Å². The van der Waals surface area contributed by atoms with Crippen LogP contribution in [0.3, 0.4) is 0 Å². The largest absolute Gasteiger partial charge is 0.507 e. The molecule has 1 aromatic rings. The first-order chi connectivity index (χ1) is 9.50. The molecule has 1 aromatic carbocycles. The Kier molecular flexibility index (Phi) is 4.69. The van der Waals surface area contributed by atoms with Crippen molar-refractivity contribution in [3.8, 4) is 11.5 Å². The molecule has 0 aliphatic rings. The first-order valence-corrected chi connectivity index (χ1v) is 6.65. The molecule has 21 heavy (non-hydrogen) atoms. The fraction of sp³-hybridized carbons (Fsp3) is 0.438. The molecule has 0 saturated carbocycles. The molecule has 0 heterocycles. The maximum absolute atomic E-state index is 11.9.